The molecule has 4 atom stereocenters. The molecule has 0 aromatic heterocycles. The monoisotopic (exact) mass is 866 g/mol. The van der Waals surface area contributed by atoms with Crippen LogP contribution in [0.15, 0.2) is 242 Å². The summed E-state index contributed by atoms with van der Waals surface area (Å²) in [6, 6.07) is 71.0. The standard InChI is InChI=1S/C63H54N4/c1-4-17-57-42(2)67(3)63(56-29-16-27-50(41-56)48-25-14-23-46(37-48)44-20-9-6-10-21-44)66-60(57)53-34-32-52-39-54(35-33-51(52)38-53)61-58-30-11-12-31-59(58)64-62(65-61)55-28-15-26-49(40-55)47-24-13-22-45(36-47)43-18-7-5-8-19-43/h4-42,59,62-66H,1-3H3/b17-4-. The van der Waals surface area contributed by atoms with E-state index in [1.807, 2.05) is 0 Å². The van der Waals surface area contributed by atoms with Gasteiger partial charge in [0.15, 0.2) is 0 Å². The first-order valence-corrected chi connectivity index (χ1v) is 23.5. The summed E-state index contributed by atoms with van der Waals surface area (Å²) in [5.41, 5.74) is 19.3. The molecule has 0 fully saturated rings. The summed E-state index contributed by atoms with van der Waals surface area (Å²) in [5.74, 6) is 0. The highest BCUT2D eigenvalue weighted by Gasteiger charge is 2.32. The summed E-state index contributed by atoms with van der Waals surface area (Å²) in [6.07, 6.45) is 13.1. The van der Waals surface area contributed by atoms with Crippen molar-refractivity contribution >= 4 is 22.2 Å². The highest BCUT2D eigenvalue weighted by Crippen LogP contribution is 2.38. The molecule has 0 radical (unpaired) electrons. The van der Waals surface area contributed by atoms with Crippen molar-refractivity contribution in [2.45, 2.75) is 38.3 Å². The molecule has 0 amide bonds. The van der Waals surface area contributed by atoms with E-state index in [4.69, 9.17) is 0 Å². The van der Waals surface area contributed by atoms with Crippen LogP contribution in [0.3, 0.4) is 0 Å². The Morgan fingerprint density at radius 1 is 0.463 bits per heavy atom. The molecule has 4 heteroatoms. The molecule has 11 rings (SSSR count). The molecule has 8 aromatic rings. The normalized spacial score (nSPS) is 19.4. The summed E-state index contributed by atoms with van der Waals surface area (Å²) >= 11 is 0. The summed E-state index contributed by atoms with van der Waals surface area (Å²) in [5, 5.41) is 14.3. The van der Waals surface area contributed by atoms with E-state index >= 15 is 0 Å². The van der Waals surface area contributed by atoms with Gasteiger partial charge in [0.25, 0.3) is 0 Å². The average Bonchev–Trinajstić information content (AvgIpc) is 3.40. The molecule has 2 heterocycles. The molecule has 4 nitrogen and oxygen atoms in total. The van der Waals surface area contributed by atoms with Crippen LogP contribution in [0.25, 0.3) is 66.7 Å². The van der Waals surface area contributed by atoms with Gasteiger partial charge in [0.05, 0.1) is 6.04 Å². The molecule has 3 N–H and O–H groups in total. The lowest BCUT2D eigenvalue weighted by Gasteiger charge is -2.42. The van der Waals surface area contributed by atoms with Crippen molar-refractivity contribution in [3.63, 3.8) is 0 Å². The fraction of sp³-hybridized carbons (Fsp3) is 0.111. The van der Waals surface area contributed by atoms with Crippen molar-refractivity contribution in [2.75, 3.05) is 7.05 Å². The number of rotatable bonds is 9. The van der Waals surface area contributed by atoms with E-state index in [1.54, 1.807) is 0 Å². The molecule has 0 spiro atoms. The van der Waals surface area contributed by atoms with Gasteiger partial charge in [-0.3, -0.25) is 10.2 Å². The highest BCUT2D eigenvalue weighted by atomic mass is 15.3. The predicted molar refractivity (Wildman–Crippen MR) is 281 cm³/mol. The molecule has 1 aliphatic carbocycles. The number of hydrogen-bond donors (Lipinski definition) is 3. The largest absolute Gasteiger partial charge is 0.365 e. The SMILES string of the molecule is C/C=C\C1=C(c2ccc3cc(C4=C5C=CC=CC5NC(c5cccc(-c6cccc(-c7ccccc7)c6)c5)N4)ccc3c2)NC(c2cccc(-c3cccc(-c4ccccc4)c3)c2)N(C)C1C. The Bertz CT molecular complexity index is 3280. The summed E-state index contributed by atoms with van der Waals surface area (Å²) < 4.78 is 0. The molecule has 8 aromatic carbocycles. The van der Waals surface area contributed by atoms with Gasteiger partial charge in [-0.25, -0.2) is 0 Å². The Morgan fingerprint density at radius 3 is 1.57 bits per heavy atom. The Labute approximate surface area is 395 Å². The maximum atomic E-state index is 4.04. The first-order chi connectivity index (χ1) is 33.0. The van der Waals surface area contributed by atoms with Crippen molar-refractivity contribution in [1.29, 1.82) is 0 Å². The van der Waals surface area contributed by atoms with E-state index in [0.29, 0.717) is 0 Å². The lowest BCUT2D eigenvalue weighted by Crippen LogP contribution is -2.46. The number of nitrogens with zero attached hydrogens (tertiary/aromatic N) is 1. The van der Waals surface area contributed by atoms with Crippen LogP contribution in [0, 0.1) is 0 Å². The highest BCUT2D eigenvalue weighted by molar-refractivity contribution is 5.91. The quantitative estimate of drug-likeness (QED) is 0.135. The number of benzene rings is 8. The maximum absolute atomic E-state index is 4.04. The molecule has 326 valence electrons. The second kappa shape index (κ2) is 18.3. The van der Waals surface area contributed by atoms with Crippen molar-refractivity contribution in [1.82, 2.24) is 20.9 Å². The van der Waals surface area contributed by atoms with Gasteiger partial charge in [-0.1, -0.05) is 194 Å². The molecule has 0 saturated heterocycles. The van der Waals surface area contributed by atoms with Gasteiger partial charge >= 0.3 is 0 Å². The van der Waals surface area contributed by atoms with Gasteiger partial charge in [-0.2, -0.15) is 0 Å². The number of allylic oxidation sites excluding steroid dienone is 3. The Morgan fingerprint density at radius 2 is 0.970 bits per heavy atom. The minimum atomic E-state index is -0.0854. The average molecular weight is 867 g/mol. The van der Waals surface area contributed by atoms with Crippen LogP contribution in [0.5, 0.6) is 0 Å². The number of likely N-dealkylation sites (N-methyl/N-ethyl adjacent to an activating group) is 1. The minimum absolute atomic E-state index is 0.0209. The van der Waals surface area contributed by atoms with E-state index in [0.717, 1.165) is 5.70 Å². The number of hydrogen-bond acceptors (Lipinski definition) is 4. The molecular weight excluding hydrogens is 813 g/mol. The maximum Gasteiger partial charge on any atom is 0.106 e. The zero-order valence-corrected chi connectivity index (χ0v) is 38.2. The van der Waals surface area contributed by atoms with Gasteiger partial charge < -0.3 is 10.6 Å². The van der Waals surface area contributed by atoms with Crippen molar-refractivity contribution in [2.24, 2.45) is 0 Å². The lowest BCUT2D eigenvalue weighted by molar-refractivity contribution is 0.180. The van der Waals surface area contributed by atoms with Crippen LogP contribution in [0.4, 0.5) is 0 Å². The Balaban J connectivity index is 0.886. The molecule has 2 aliphatic heterocycles. The van der Waals surface area contributed by atoms with Crippen LogP contribution < -0.4 is 16.0 Å². The van der Waals surface area contributed by atoms with E-state index in [-0.39, 0.29) is 24.4 Å². The minimum Gasteiger partial charge on any atom is -0.365 e. The Kier molecular flexibility index (Phi) is 11.4. The van der Waals surface area contributed by atoms with Crippen LogP contribution in [0.1, 0.15) is 48.4 Å². The van der Waals surface area contributed by atoms with Crippen LogP contribution in [-0.4, -0.2) is 24.0 Å². The number of fused-ring (bicyclic) bond motifs is 2. The summed E-state index contributed by atoms with van der Waals surface area (Å²) in [7, 11) is 2.23. The molecule has 0 saturated carbocycles. The van der Waals surface area contributed by atoms with Gasteiger partial charge in [0.2, 0.25) is 0 Å². The van der Waals surface area contributed by atoms with Crippen molar-refractivity contribution in [3.8, 4) is 44.5 Å². The number of nitrogens with one attached hydrogen (secondary N) is 3. The van der Waals surface area contributed by atoms with E-state index in [9.17, 15) is 0 Å². The van der Waals surface area contributed by atoms with E-state index in [1.165, 1.54) is 94.4 Å². The van der Waals surface area contributed by atoms with Gasteiger partial charge in [-0.15, -0.1) is 0 Å². The smallest absolute Gasteiger partial charge is 0.106 e. The third kappa shape index (κ3) is 8.38. The second-order valence-corrected chi connectivity index (χ2v) is 17.9. The van der Waals surface area contributed by atoms with Gasteiger partial charge in [-0.05, 0) is 146 Å². The fourth-order valence-corrected chi connectivity index (χ4v) is 10.1. The predicted octanol–water partition coefficient (Wildman–Crippen LogP) is 14.5. The van der Waals surface area contributed by atoms with Crippen LogP contribution in [0.2, 0.25) is 0 Å². The van der Waals surface area contributed by atoms with Gasteiger partial charge in [0.1, 0.15) is 12.3 Å². The zero-order chi connectivity index (χ0) is 45.3. The van der Waals surface area contributed by atoms with Crippen LogP contribution >= 0.6 is 0 Å². The molecule has 4 unspecified atom stereocenters. The Hall–Kier alpha value is -7.76. The molecule has 3 aliphatic rings. The van der Waals surface area contributed by atoms with Crippen molar-refractivity contribution in [3.05, 3.63) is 264 Å². The zero-order valence-electron chi connectivity index (χ0n) is 38.2. The molecular formula is C63H54N4. The van der Waals surface area contributed by atoms with Gasteiger partial charge in [0, 0.05) is 17.4 Å². The third-order valence-electron chi connectivity index (χ3n) is 13.8. The summed E-state index contributed by atoms with van der Waals surface area (Å²) in [4.78, 5) is 2.45. The van der Waals surface area contributed by atoms with Crippen molar-refractivity contribution < 1.29 is 0 Å². The molecule has 67 heavy (non-hydrogen) atoms. The summed E-state index contributed by atoms with van der Waals surface area (Å²) in [6.45, 7) is 4.43. The van der Waals surface area contributed by atoms with Crippen LogP contribution in [-0.2, 0) is 0 Å². The second-order valence-electron chi connectivity index (χ2n) is 17.9. The van der Waals surface area contributed by atoms with E-state index in [2.05, 4.69) is 272 Å². The fourth-order valence-electron chi connectivity index (χ4n) is 10.1. The third-order valence-corrected chi connectivity index (χ3v) is 13.8. The molecule has 0 bridgehead atoms. The lowest BCUT2D eigenvalue weighted by atomic mass is 9.90. The first-order valence-electron chi connectivity index (χ1n) is 23.5. The topological polar surface area (TPSA) is 39.3 Å². The van der Waals surface area contributed by atoms with E-state index < -0.39 is 0 Å². The first kappa shape index (κ1) is 41.9.